The highest BCUT2D eigenvalue weighted by atomic mass is 19.1. The van der Waals surface area contributed by atoms with Gasteiger partial charge in [-0.15, -0.1) is 0 Å². The number of benzene rings is 2. The van der Waals surface area contributed by atoms with Crippen molar-refractivity contribution < 1.29 is 19.0 Å². The number of hydrogen-bond acceptors (Lipinski definition) is 3. The smallest absolute Gasteiger partial charge is 0.259 e. The number of ether oxygens (including phenoxy) is 1. The number of amides is 1. The molecule has 0 aliphatic heterocycles. The zero-order valence-corrected chi connectivity index (χ0v) is 11.1. The van der Waals surface area contributed by atoms with Crippen molar-refractivity contribution in [3.8, 4) is 11.5 Å². The predicted octanol–water partition coefficient (Wildman–Crippen LogP) is 3.10. The molecule has 2 aromatic carbocycles. The minimum atomic E-state index is -0.493. The van der Waals surface area contributed by atoms with E-state index >= 15 is 0 Å². The van der Waals surface area contributed by atoms with E-state index in [-0.39, 0.29) is 22.9 Å². The molecule has 0 aliphatic carbocycles. The van der Waals surface area contributed by atoms with Crippen LogP contribution in [0.1, 0.15) is 15.9 Å². The summed E-state index contributed by atoms with van der Waals surface area (Å²) in [6.07, 6.45) is 0. The van der Waals surface area contributed by atoms with E-state index in [0.29, 0.717) is 11.3 Å². The third-order valence-corrected chi connectivity index (χ3v) is 2.88. The number of phenols is 1. The van der Waals surface area contributed by atoms with Gasteiger partial charge >= 0.3 is 0 Å². The Hall–Kier alpha value is -2.56. The Kier molecular flexibility index (Phi) is 3.89. The highest BCUT2D eigenvalue weighted by Gasteiger charge is 2.15. The van der Waals surface area contributed by atoms with Crippen molar-refractivity contribution in [1.82, 2.24) is 0 Å². The van der Waals surface area contributed by atoms with Gasteiger partial charge in [0, 0.05) is 5.69 Å². The Bertz CT molecular complexity index is 656. The molecule has 20 heavy (non-hydrogen) atoms. The van der Waals surface area contributed by atoms with Crippen LogP contribution in [0.4, 0.5) is 10.1 Å². The lowest BCUT2D eigenvalue weighted by molar-refractivity contribution is 0.102. The molecule has 2 N–H and O–H groups in total. The van der Waals surface area contributed by atoms with Crippen LogP contribution in [0.15, 0.2) is 36.4 Å². The van der Waals surface area contributed by atoms with Crippen LogP contribution in [-0.2, 0) is 0 Å². The molecule has 2 rings (SSSR count). The van der Waals surface area contributed by atoms with Crippen molar-refractivity contribution in [2.24, 2.45) is 0 Å². The number of para-hydroxylation sites is 1. The lowest BCUT2D eigenvalue weighted by Gasteiger charge is -2.10. The molecule has 0 heterocycles. The highest BCUT2D eigenvalue weighted by molar-refractivity contribution is 6.06. The van der Waals surface area contributed by atoms with Gasteiger partial charge in [0.2, 0.25) is 0 Å². The quantitative estimate of drug-likeness (QED) is 0.905. The Morgan fingerprint density at radius 2 is 2.05 bits per heavy atom. The van der Waals surface area contributed by atoms with E-state index in [1.165, 1.54) is 31.4 Å². The van der Waals surface area contributed by atoms with Gasteiger partial charge in [-0.2, -0.15) is 0 Å². The molecule has 0 saturated heterocycles. The van der Waals surface area contributed by atoms with Crippen LogP contribution >= 0.6 is 0 Å². The van der Waals surface area contributed by atoms with Crippen LogP contribution in [0.25, 0.3) is 0 Å². The number of aromatic hydroxyl groups is 1. The number of carbonyl (C=O) groups excluding carboxylic acids is 1. The molecule has 0 bridgehead atoms. The summed E-state index contributed by atoms with van der Waals surface area (Å²) in [4.78, 5) is 12.1. The van der Waals surface area contributed by atoms with Gasteiger partial charge in [-0.3, -0.25) is 4.79 Å². The van der Waals surface area contributed by atoms with Crippen molar-refractivity contribution >= 4 is 11.6 Å². The summed E-state index contributed by atoms with van der Waals surface area (Å²) in [7, 11) is 1.40. The average Bonchev–Trinajstić information content (AvgIpc) is 2.43. The summed E-state index contributed by atoms with van der Waals surface area (Å²) in [5.74, 6) is -0.848. The van der Waals surface area contributed by atoms with Crippen LogP contribution in [0.2, 0.25) is 0 Å². The van der Waals surface area contributed by atoms with Gasteiger partial charge < -0.3 is 15.2 Å². The molecule has 5 heteroatoms. The molecule has 2 aromatic rings. The molecule has 0 spiro atoms. The maximum Gasteiger partial charge on any atom is 0.259 e. The van der Waals surface area contributed by atoms with Gasteiger partial charge in [0.1, 0.15) is 5.82 Å². The van der Waals surface area contributed by atoms with Crippen LogP contribution in [0.3, 0.4) is 0 Å². The molecular weight excluding hydrogens is 261 g/mol. The van der Waals surface area contributed by atoms with E-state index in [1.54, 1.807) is 19.1 Å². The maximum atomic E-state index is 13.2. The molecule has 104 valence electrons. The van der Waals surface area contributed by atoms with E-state index in [1.807, 2.05) is 0 Å². The molecule has 4 nitrogen and oxygen atoms in total. The molecule has 0 aromatic heterocycles. The molecule has 0 aliphatic rings. The molecule has 0 atom stereocenters. The number of carbonyl (C=O) groups is 1. The second-order valence-corrected chi connectivity index (χ2v) is 4.27. The van der Waals surface area contributed by atoms with E-state index in [0.717, 1.165) is 0 Å². The number of anilines is 1. The number of halogens is 1. The summed E-state index contributed by atoms with van der Waals surface area (Å²) in [6.45, 7) is 1.61. The fourth-order valence-electron chi connectivity index (χ4n) is 1.79. The van der Waals surface area contributed by atoms with Gasteiger partial charge in [0.25, 0.3) is 5.91 Å². The first-order valence-electron chi connectivity index (χ1n) is 5.96. The van der Waals surface area contributed by atoms with Crippen LogP contribution in [0, 0.1) is 12.7 Å². The average molecular weight is 275 g/mol. The molecule has 0 unspecified atom stereocenters. The third-order valence-electron chi connectivity index (χ3n) is 2.88. The normalized spacial score (nSPS) is 10.2. The van der Waals surface area contributed by atoms with Crippen molar-refractivity contribution in [3.63, 3.8) is 0 Å². The van der Waals surface area contributed by atoms with Gasteiger partial charge in [-0.25, -0.2) is 4.39 Å². The maximum absolute atomic E-state index is 13.2. The number of hydrogen-bond donors (Lipinski definition) is 2. The zero-order chi connectivity index (χ0) is 14.7. The lowest BCUT2D eigenvalue weighted by Crippen LogP contribution is -2.12. The highest BCUT2D eigenvalue weighted by Crippen LogP contribution is 2.29. The van der Waals surface area contributed by atoms with Crippen molar-refractivity contribution in [2.45, 2.75) is 6.92 Å². The fourth-order valence-corrected chi connectivity index (χ4v) is 1.79. The SMILES string of the molecule is COc1cccc(C(=O)Nc2ccc(F)c(C)c2)c1O. The number of nitrogens with one attached hydrogen (secondary N) is 1. The summed E-state index contributed by atoms with van der Waals surface area (Å²) >= 11 is 0. The number of aryl methyl sites for hydroxylation is 1. The van der Waals surface area contributed by atoms with Gasteiger partial charge in [-0.1, -0.05) is 6.07 Å². The molecule has 1 amide bonds. The predicted molar refractivity (Wildman–Crippen MR) is 73.7 cm³/mol. The third kappa shape index (κ3) is 2.71. The van der Waals surface area contributed by atoms with Crippen LogP contribution in [0.5, 0.6) is 11.5 Å². The standard InChI is InChI=1S/C15H14FNO3/c1-9-8-10(6-7-12(9)16)17-15(19)11-4-3-5-13(20-2)14(11)18/h3-8,18H,1-2H3,(H,17,19). The van der Waals surface area contributed by atoms with Crippen molar-refractivity contribution in [2.75, 3.05) is 12.4 Å². The van der Waals surface area contributed by atoms with Crippen LogP contribution < -0.4 is 10.1 Å². The Labute approximate surface area is 115 Å². The summed E-state index contributed by atoms with van der Waals surface area (Å²) in [5, 5.41) is 12.5. The fraction of sp³-hybridized carbons (Fsp3) is 0.133. The van der Waals surface area contributed by atoms with E-state index in [9.17, 15) is 14.3 Å². The Morgan fingerprint density at radius 3 is 2.70 bits per heavy atom. The Balaban J connectivity index is 2.26. The summed E-state index contributed by atoms with van der Waals surface area (Å²) in [5.41, 5.74) is 0.972. The lowest BCUT2D eigenvalue weighted by atomic mass is 10.1. The van der Waals surface area contributed by atoms with Crippen LogP contribution in [-0.4, -0.2) is 18.1 Å². The number of rotatable bonds is 3. The topological polar surface area (TPSA) is 58.6 Å². The first-order valence-corrected chi connectivity index (χ1v) is 5.96. The van der Waals surface area contributed by atoms with E-state index < -0.39 is 5.91 Å². The summed E-state index contributed by atoms with van der Waals surface area (Å²) in [6, 6.07) is 8.87. The van der Waals surface area contributed by atoms with Gasteiger partial charge in [0.15, 0.2) is 11.5 Å². The molecule has 0 saturated carbocycles. The molecule has 0 radical (unpaired) electrons. The largest absolute Gasteiger partial charge is 0.504 e. The van der Waals surface area contributed by atoms with Crippen molar-refractivity contribution in [3.05, 3.63) is 53.3 Å². The Morgan fingerprint density at radius 1 is 1.30 bits per heavy atom. The minimum absolute atomic E-state index is 0.0892. The van der Waals surface area contributed by atoms with Crippen molar-refractivity contribution in [1.29, 1.82) is 0 Å². The minimum Gasteiger partial charge on any atom is -0.504 e. The summed E-state index contributed by atoms with van der Waals surface area (Å²) < 4.78 is 18.1. The second kappa shape index (κ2) is 5.61. The zero-order valence-electron chi connectivity index (χ0n) is 11.1. The molecular formula is C15H14FNO3. The molecule has 0 fully saturated rings. The second-order valence-electron chi connectivity index (χ2n) is 4.27. The first-order chi connectivity index (χ1) is 9.52. The van der Waals surface area contributed by atoms with Gasteiger partial charge in [0.05, 0.1) is 12.7 Å². The van der Waals surface area contributed by atoms with E-state index in [2.05, 4.69) is 5.32 Å². The number of phenolic OH excluding ortho intramolecular Hbond substituents is 1. The monoisotopic (exact) mass is 275 g/mol. The first kappa shape index (κ1) is 13.9. The van der Waals surface area contributed by atoms with Gasteiger partial charge in [-0.05, 0) is 42.8 Å². The number of methoxy groups -OCH3 is 1. The van der Waals surface area contributed by atoms with E-state index in [4.69, 9.17) is 4.74 Å².